The number of rotatable bonds is 5. The van der Waals surface area contributed by atoms with Crippen molar-refractivity contribution in [2.75, 3.05) is 5.32 Å². The van der Waals surface area contributed by atoms with E-state index in [4.69, 9.17) is 9.97 Å². The summed E-state index contributed by atoms with van der Waals surface area (Å²) in [7, 11) is 0. The van der Waals surface area contributed by atoms with Gasteiger partial charge >= 0.3 is 0 Å². The van der Waals surface area contributed by atoms with Gasteiger partial charge in [-0.3, -0.25) is 5.10 Å². The molecule has 4 rings (SSSR count). The lowest BCUT2D eigenvalue weighted by Gasteiger charge is -2.09. The fraction of sp³-hybridized carbons (Fsp3) is 0.150. The molecule has 0 fully saturated rings. The maximum Gasteiger partial charge on any atom is 0.162 e. The Hall–Kier alpha value is -3.21. The number of aromatic amines is 1. The van der Waals surface area contributed by atoms with Crippen LogP contribution in [0.4, 0.5) is 11.6 Å². The molecule has 0 aliphatic heterocycles. The molecule has 0 atom stereocenters. The monoisotopic (exact) mass is 329 g/mol. The zero-order chi connectivity index (χ0) is 17.1. The van der Waals surface area contributed by atoms with Crippen LogP contribution in [0.5, 0.6) is 0 Å². The molecule has 0 bridgehead atoms. The summed E-state index contributed by atoms with van der Waals surface area (Å²) in [5.74, 6) is 2.23. The van der Waals surface area contributed by atoms with E-state index in [0.717, 1.165) is 46.6 Å². The van der Waals surface area contributed by atoms with Gasteiger partial charge in [0.25, 0.3) is 0 Å². The van der Waals surface area contributed by atoms with Crippen molar-refractivity contribution < 1.29 is 0 Å². The highest BCUT2D eigenvalue weighted by Crippen LogP contribution is 2.26. The van der Waals surface area contributed by atoms with E-state index in [0.29, 0.717) is 5.82 Å². The average molecular weight is 329 g/mol. The molecule has 0 aliphatic rings. The molecule has 2 aromatic carbocycles. The molecule has 4 aromatic rings. The number of para-hydroxylation sites is 1. The van der Waals surface area contributed by atoms with Gasteiger partial charge in [-0.05, 0) is 18.6 Å². The lowest BCUT2D eigenvalue weighted by atomic mass is 10.2. The Balaban J connectivity index is 1.78. The molecule has 0 aliphatic carbocycles. The smallest absolute Gasteiger partial charge is 0.162 e. The maximum absolute atomic E-state index is 4.75. The number of aryl methyl sites for hydroxylation is 1. The predicted octanol–water partition coefficient (Wildman–Crippen LogP) is 4.72. The molecule has 2 N–H and O–H groups in total. The van der Waals surface area contributed by atoms with Crippen LogP contribution in [0.25, 0.3) is 22.3 Å². The minimum atomic E-state index is 0.700. The number of fused-ring (bicyclic) bond motifs is 1. The first-order chi connectivity index (χ1) is 12.3. The molecule has 0 saturated carbocycles. The zero-order valence-corrected chi connectivity index (χ0v) is 14.0. The van der Waals surface area contributed by atoms with E-state index >= 15 is 0 Å². The van der Waals surface area contributed by atoms with Gasteiger partial charge in [0.1, 0.15) is 5.82 Å². The summed E-state index contributed by atoms with van der Waals surface area (Å²) < 4.78 is 0. The summed E-state index contributed by atoms with van der Waals surface area (Å²) in [6.07, 6.45) is 2.06. The lowest BCUT2D eigenvalue weighted by Crippen LogP contribution is -1.99. The Morgan fingerprint density at radius 3 is 2.60 bits per heavy atom. The number of anilines is 2. The molecule has 0 radical (unpaired) electrons. The number of benzene rings is 2. The fourth-order valence-corrected chi connectivity index (χ4v) is 2.83. The maximum atomic E-state index is 4.75. The first-order valence-electron chi connectivity index (χ1n) is 8.47. The van der Waals surface area contributed by atoms with E-state index in [9.17, 15) is 0 Å². The predicted molar refractivity (Wildman–Crippen MR) is 101 cm³/mol. The number of nitrogens with zero attached hydrogens (tertiary/aromatic N) is 3. The van der Waals surface area contributed by atoms with Crippen molar-refractivity contribution in [2.45, 2.75) is 19.8 Å². The van der Waals surface area contributed by atoms with E-state index in [-0.39, 0.29) is 0 Å². The van der Waals surface area contributed by atoms with Crippen LogP contribution in [0, 0.1) is 0 Å². The second-order valence-electron chi connectivity index (χ2n) is 5.93. The van der Waals surface area contributed by atoms with Crippen molar-refractivity contribution in [3.63, 3.8) is 0 Å². The van der Waals surface area contributed by atoms with E-state index in [1.807, 2.05) is 60.7 Å². The van der Waals surface area contributed by atoms with Gasteiger partial charge in [-0.15, -0.1) is 0 Å². The summed E-state index contributed by atoms with van der Waals surface area (Å²) in [6, 6.07) is 20.0. The van der Waals surface area contributed by atoms with Crippen molar-refractivity contribution in [1.29, 1.82) is 0 Å². The van der Waals surface area contributed by atoms with Crippen LogP contribution in [0.15, 0.2) is 60.7 Å². The van der Waals surface area contributed by atoms with Crippen LogP contribution in [0.2, 0.25) is 0 Å². The van der Waals surface area contributed by atoms with Crippen LogP contribution >= 0.6 is 0 Å². The molecule has 2 heterocycles. The Kier molecular flexibility index (Phi) is 4.12. The molecule has 5 heteroatoms. The minimum absolute atomic E-state index is 0.700. The molecule has 0 saturated heterocycles. The van der Waals surface area contributed by atoms with Gasteiger partial charge in [0.15, 0.2) is 11.6 Å². The summed E-state index contributed by atoms with van der Waals surface area (Å²) in [4.78, 5) is 9.45. The van der Waals surface area contributed by atoms with Gasteiger partial charge in [0, 0.05) is 22.7 Å². The number of hydrogen-bond donors (Lipinski definition) is 2. The van der Waals surface area contributed by atoms with Gasteiger partial charge < -0.3 is 5.32 Å². The highest BCUT2D eigenvalue weighted by Gasteiger charge is 2.10. The van der Waals surface area contributed by atoms with E-state index < -0.39 is 0 Å². The van der Waals surface area contributed by atoms with E-state index in [1.165, 1.54) is 0 Å². The zero-order valence-electron chi connectivity index (χ0n) is 14.0. The van der Waals surface area contributed by atoms with Gasteiger partial charge in [-0.2, -0.15) is 5.10 Å². The standard InChI is InChI=1S/C20H19N5/c1-2-8-15-13-18(25-24-15)22-20-16-11-6-7-12-17(16)21-19(23-20)14-9-4-3-5-10-14/h3-7,9-13H,2,8H2,1H3,(H2,21,22,23,24,25). The van der Waals surface area contributed by atoms with E-state index in [1.54, 1.807) is 0 Å². The van der Waals surface area contributed by atoms with Crippen molar-refractivity contribution >= 4 is 22.5 Å². The number of aromatic nitrogens is 4. The third kappa shape index (κ3) is 3.21. The van der Waals surface area contributed by atoms with Crippen molar-refractivity contribution in [3.05, 3.63) is 66.4 Å². The van der Waals surface area contributed by atoms with Crippen LogP contribution in [-0.2, 0) is 6.42 Å². The molecular weight excluding hydrogens is 310 g/mol. The summed E-state index contributed by atoms with van der Waals surface area (Å²) in [5.41, 5.74) is 3.01. The molecule has 0 unspecified atom stereocenters. The molecule has 0 spiro atoms. The van der Waals surface area contributed by atoms with Crippen LogP contribution < -0.4 is 5.32 Å². The lowest BCUT2D eigenvalue weighted by molar-refractivity contribution is 0.867. The third-order valence-corrected chi connectivity index (χ3v) is 4.03. The van der Waals surface area contributed by atoms with Crippen molar-refractivity contribution in [2.24, 2.45) is 0 Å². The Morgan fingerprint density at radius 2 is 1.76 bits per heavy atom. The van der Waals surface area contributed by atoms with Crippen LogP contribution in [0.3, 0.4) is 0 Å². The average Bonchev–Trinajstić information content (AvgIpc) is 3.10. The largest absolute Gasteiger partial charge is 0.323 e. The number of nitrogens with one attached hydrogen (secondary N) is 2. The Labute approximate surface area is 146 Å². The molecular formula is C20H19N5. The molecule has 5 nitrogen and oxygen atoms in total. The van der Waals surface area contributed by atoms with Gasteiger partial charge in [0.2, 0.25) is 0 Å². The summed E-state index contributed by atoms with van der Waals surface area (Å²) >= 11 is 0. The summed E-state index contributed by atoms with van der Waals surface area (Å²) in [5, 5.41) is 11.7. The second-order valence-corrected chi connectivity index (χ2v) is 5.93. The second kappa shape index (κ2) is 6.73. The Bertz CT molecular complexity index is 991. The first kappa shape index (κ1) is 15.3. The number of H-pyrrole nitrogens is 1. The molecule has 124 valence electrons. The Morgan fingerprint density at radius 1 is 0.960 bits per heavy atom. The third-order valence-electron chi connectivity index (χ3n) is 4.03. The number of hydrogen-bond acceptors (Lipinski definition) is 4. The topological polar surface area (TPSA) is 66.5 Å². The first-order valence-corrected chi connectivity index (χ1v) is 8.47. The minimum Gasteiger partial charge on any atom is -0.323 e. The van der Waals surface area contributed by atoms with Crippen LogP contribution in [-0.4, -0.2) is 20.2 Å². The molecule has 2 aromatic heterocycles. The molecule has 25 heavy (non-hydrogen) atoms. The summed E-state index contributed by atoms with van der Waals surface area (Å²) in [6.45, 7) is 2.15. The van der Waals surface area contributed by atoms with E-state index in [2.05, 4.69) is 22.4 Å². The fourth-order valence-electron chi connectivity index (χ4n) is 2.83. The van der Waals surface area contributed by atoms with Crippen LogP contribution in [0.1, 0.15) is 19.0 Å². The van der Waals surface area contributed by atoms with Gasteiger partial charge in [-0.1, -0.05) is 55.8 Å². The molecule has 0 amide bonds. The van der Waals surface area contributed by atoms with Crippen molar-refractivity contribution in [3.8, 4) is 11.4 Å². The van der Waals surface area contributed by atoms with Crippen molar-refractivity contribution in [1.82, 2.24) is 20.2 Å². The quantitative estimate of drug-likeness (QED) is 0.556. The SMILES string of the molecule is CCCc1cc(Nc2nc(-c3ccccc3)nc3ccccc23)n[nH]1. The normalized spacial score (nSPS) is 10.9. The highest BCUT2D eigenvalue weighted by atomic mass is 15.2. The van der Waals surface area contributed by atoms with Gasteiger partial charge in [-0.25, -0.2) is 9.97 Å². The van der Waals surface area contributed by atoms with Gasteiger partial charge in [0.05, 0.1) is 5.52 Å². The highest BCUT2D eigenvalue weighted by molar-refractivity contribution is 5.91.